The number of thioether (sulfide) groups is 1. The lowest BCUT2D eigenvalue weighted by atomic mass is 10.2. The first kappa shape index (κ1) is 24.1. The molecule has 0 atom stereocenters. The summed E-state index contributed by atoms with van der Waals surface area (Å²) in [5.41, 5.74) is 0.239. The van der Waals surface area contributed by atoms with Gasteiger partial charge >= 0.3 is 6.09 Å². The van der Waals surface area contributed by atoms with Gasteiger partial charge in [0.05, 0.1) is 12.4 Å². The van der Waals surface area contributed by atoms with Crippen molar-refractivity contribution in [3.05, 3.63) is 24.3 Å². The van der Waals surface area contributed by atoms with E-state index < -0.39 is 11.7 Å². The van der Waals surface area contributed by atoms with Crippen LogP contribution in [0.4, 0.5) is 10.5 Å². The van der Waals surface area contributed by atoms with Gasteiger partial charge in [-0.05, 0) is 51.5 Å². The molecule has 0 unspecified atom stereocenters. The van der Waals surface area contributed by atoms with Gasteiger partial charge in [-0.2, -0.15) is 11.8 Å². The van der Waals surface area contributed by atoms with Gasteiger partial charge in [0.25, 0.3) is 0 Å². The van der Waals surface area contributed by atoms with Crippen LogP contribution in [0.15, 0.2) is 24.3 Å². The molecule has 28 heavy (non-hydrogen) atoms. The molecule has 0 aliphatic heterocycles. The molecule has 0 aliphatic carbocycles. The molecule has 1 rings (SSSR count). The Morgan fingerprint density at radius 2 is 1.79 bits per heavy atom. The van der Waals surface area contributed by atoms with Crippen molar-refractivity contribution < 1.29 is 19.1 Å². The van der Waals surface area contributed by atoms with Crippen LogP contribution in [0.3, 0.4) is 0 Å². The van der Waals surface area contributed by atoms with Gasteiger partial charge in [0.2, 0.25) is 5.91 Å². The number of anilines is 1. The highest BCUT2D eigenvalue weighted by molar-refractivity contribution is 7.99. The topological polar surface area (TPSA) is 76.7 Å². The molecular formula is C21H34N2O4S. The molecule has 0 saturated heterocycles. The van der Waals surface area contributed by atoms with Gasteiger partial charge in [-0.25, -0.2) is 4.79 Å². The van der Waals surface area contributed by atoms with Crippen LogP contribution < -0.4 is 15.4 Å². The van der Waals surface area contributed by atoms with Gasteiger partial charge in [-0.1, -0.05) is 26.2 Å². The average molecular weight is 411 g/mol. The largest absolute Gasteiger partial charge is 0.494 e. The molecule has 0 aliphatic rings. The number of benzene rings is 1. The summed E-state index contributed by atoms with van der Waals surface area (Å²) in [7, 11) is 0. The lowest BCUT2D eigenvalue weighted by Crippen LogP contribution is -2.33. The smallest absolute Gasteiger partial charge is 0.407 e. The van der Waals surface area contributed by atoms with Crippen molar-refractivity contribution in [3.8, 4) is 5.75 Å². The fraction of sp³-hybridized carbons (Fsp3) is 0.619. The van der Waals surface area contributed by atoms with Crippen molar-refractivity contribution >= 4 is 29.4 Å². The molecule has 0 spiro atoms. The second kappa shape index (κ2) is 13.3. The van der Waals surface area contributed by atoms with E-state index in [4.69, 9.17) is 9.47 Å². The Hall–Kier alpha value is -1.89. The van der Waals surface area contributed by atoms with Gasteiger partial charge in [0.1, 0.15) is 11.4 Å². The Bertz CT molecular complexity index is 585. The minimum Gasteiger partial charge on any atom is -0.494 e. The van der Waals surface area contributed by atoms with Crippen LogP contribution >= 0.6 is 11.8 Å². The van der Waals surface area contributed by atoms with E-state index in [2.05, 4.69) is 17.6 Å². The number of hydrogen-bond donors (Lipinski definition) is 2. The van der Waals surface area contributed by atoms with Crippen LogP contribution in [-0.2, 0) is 9.53 Å². The summed E-state index contributed by atoms with van der Waals surface area (Å²) in [4.78, 5) is 23.5. The standard InChI is InChI=1S/C21H34N2O4S/c1-5-6-7-8-14-26-18-11-9-17(10-12-18)23-19(24)16-28-15-13-22-20(25)27-21(2,3)4/h9-12H,5-8,13-16H2,1-4H3,(H,22,25)(H,23,24). The lowest BCUT2D eigenvalue weighted by molar-refractivity contribution is -0.113. The number of nitrogens with one attached hydrogen (secondary N) is 2. The highest BCUT2D eigenvalue weighted by Crippen LogP contribution is 2.16. The highest BCUT2D eigenvalue weighted by Gasteiger charge is 2.15. The van der Waals surface area contributed by atoms with Gasteiger partial charge in [-0.3, -0.25) is 4.79 Å². The summed E-state index contributed by atoms with van der Waals surface area (Å²) >= 11 is 1.45. The predicted molar refractivity (Wildman–Crippen MR) is 116 cm³/mol. The van der Waals surface area contributed by atoms with Crippen LogP contribution in [-0.4, -0.2) is 42.3 Å². The molecule has 6 nitrogen and oxygen atoms in total. The first-order valence-corrected chi connectivity index (χ1v) is 11.0. The quantitative estimate of drug-likeness (QED) is 0.482. The third-order valence-corrected chi connectivity index (χ3v) is 4.51. The third kappa shape index (κ3) is 12.5. The molecule has 0 aromatic heterocycles. The van der Waals surface area contributed by atoms with Crippen molar-refractivity contribution in [2.24, 2.45) is 0 Å². The lowest BCUT2D eigenvalue weighted by Gasteiger charge is -2.19. The minimum absolute atomic E-state index is 0.0736. The van der Waals surface area contributed by atoms with E-state index in [-0.39, 0.29) is 5.91 Å². The van der Waals surface area contributed by atoms with Gasteiger partial charge in [0, 0.05) is 18.0 Å². The number of alkyl carbamates (subject to hydrolysis) is 1. The molecule has 0 radical (unpaired) electrons. The Labute approximate surface area is 173 Å². The van der Waals surface area contributed by atoms with Crippen molar-refractivity contribution in [1.82, 2.24) is 5.32 Å². The Balaban J connectivity index is 2.15. The van der Waals surface area contributed by atoms with Crippen molar-refractivity contribution in [3.63, 3.8) is 0 Å². The van der Waals surface area contributed by atoms with Crippen LogP contribution in [0.1, 0.15) is 53.4 Å². The molecule has 2 amide bonds. The van der Waals surface area contributed by atoms with E-state index in [1.165, 1.54) is 31.0 Å². The van der Waals surface area contributed by atoms with E-state index in [1.54, 1.807) is 0 Å². The summed E-state index contributed by atoms with van der Waals surface area (Å²) in [5, 5.41) is 5.53. The Kier molecular flexibility index (Phi) is 11.5. The summed E-state index contributed by atoms with van der Waals surface area (Å²) < 4.78 is 10.8. The first-order chi connectivity index (χ1) is 13.3. The number of carbonyl (C=O) groups is 2. The maximum atomic E-state index is 12.0. The van der Waals surface area contributed by atoms with Crippen molar-refractivity contribution in [2.45, 2.75) is 59.0 Å². The zero-order chi connectivity index (χ0) is 20.8. The molecule has 0 fully saturated rings. The molecule has 0 bridgehead atoms. The van der Waals surface area contributed by atoms with E-state index in [9.17, 15) is 9.59 Å². The molecule has 1 aromatic rings. The van der Waals surface area contributed by atoms with E-state index in [0.717, 1.165) is 24.5 Å². The second-order valence-corrected chi connectivity index (χ2v) is 8.57. The average Bonchev–Trinajstić information content (AvgIpc) is 2.61. The molecule has 158 valence electrons. The van der Waals surface area contributed by atoms with Crippen molar-refractivity contribution in [1.29, 1.82) is 0 Å². The summed E-state index contributed by atoms with van der Waals surface area (Å²) in [6.45, 7) is 8.82. The molecule has 7 heteroatoms. The first-order valence-electron chi connectivity index (χ1n) is 9.87. The van der Waals surface area contributed by atoms with Crippen LogP contribution in [0.2, 0.25) is 0 Å². The zero-order valence-electron chi connectivity index (χ0n) is 17.5. The summed E-state index contributed by atoms with van der Waals surface area (Å²) in [5.74, 6) is 1.70. The number of unbranched alkanes of at least 4 members (excludes halogenated alkanes) is 3. The maximum absolute atomic E-state index is 12.0. The Morgan fingerprint density at radius 3 is 2.43 bits per heavy atom. The molecule has 0 saturated carbocycles. The summed E-state index contributed by atoms with van der Waals surface area (Å²) in [6, 6.07) is 7.42. The van der Waals surface area contributed by atoms with E-state index >= 15 is 0 Å². The van der Waals surface area contributed by atoms with Crippen LogP contribution in [0.25, 0.3) is 0 Å². The normalized spacial score (nSPS) is 11.0. The highest BCUT2D eigenvalue weighted by atomic mass is 32.2. The van der Waals surface area contributed by atoms with Gasteiger partial charge < -0.3 is 20.1 Å². The Morgan fingerprint density at radius 1 is 1.07 bits per heavy atom. The van der Waals surface area contributed by atoms with E-state index in [0.29, 0.717) is 18.1 Å². The fourth-order valence-electron chi connectivity index (χ4n) is 2.25. The predicted octanol–water partition coefficient (Wildman–Crippen LogP) is 4.84. The molecule has 0 heterocycles. The number of carbonyl (C=O) groups excluding carboxylic acids is 2. The van der Waals surface area contributed by atoms with Crippen LogP contribution in [0.5, 0.6) is 5.75 Å². The number of ether oxygens (including phenoxy) is 2. The van der Waals surface area contributed by atoms with Gasteiger partial charge in [0.15, 0.2) is 0 Å². The fourth-order valence-corrected chi connectivity index (χ4v) is 2.90. The number of rotatable bonds is 12. The van der Waals surface area contributed by atoms with Gasteiger partial charge in [-0.15, -0.1) is 0 Å². The van der Waals surface area contributed by atoms with E-state index in [1.807, 2.05) is 45.0 Å². The number of hydrogen-bond acceptors (Lipinski definition) is 5. The zero-order valence-corrected chi connectivity index (χ0v) is 18.3. The molecular weight excluding hydrogens is 376 g/mol. The molecule has 1 aromatic carbocycles. The van der Waals surface area contributed by atoms with Crippen molar-refractivity contribution in [2.75, 3.05) is 30.0 Å². The maximum Gasteiger partial charge on any atom is 0.407 e. The monoisotopic (exact) mass is 410 g/mol. The third-order valence-electron chi connectivity index (χ3n) is 3.55. The second-order valence-electron chi connectivity index (χ2n) is 7.46. The summed E-state index contributed by atoms with van der Waals surface area (Å²) in [6.07, 6.45) is 4.27. The SMILES string of the molecule is CCCCCCOc1ccc(NC(=O)CSCCNC(=O)OC(C)(C)C)cc1. The van der Waals surface area contributed by atoms with Crippen LogP contribution in [0, 0.1) is 0 Å². The number of amides is 2. The minimum atomic E-state index is -0.507. The molecule has 2 N–H and O–H groups in total.